The van der Waals surface area contributed by atoms with Crippen molar-refractivity contribution in [2.24, 2.45) is 0 Å². The van der Waals surface area contributed by atoms with Crippen LogP contribution in [0.15, 0.2) is 46.5 Å². The van der Waals surface area contributed by atoms with E-state index in [4.69, 9.17) is 5.11 Å². The molecule has 1 N–H and O–H groups in total. The summed E-state index contributed by atoms with van der Waals surface area (Å²) in [7, 11) is 0. The normalized spacial score (nSPS) is 10.3. The van der Waals surface area contributed by atoms with Gasteiger partial charge in [0.25, 0.3) is 0 Å². The van der Waals surface area contributed by atoms with E-state index in [1.807, 2.05) is 0 Å². The molecule has 2 rings (SSSR count). The van der Waals surface area contributed by atoms with Gasteiger partial charge in [-0.25, -0.2) is 18.6 Å². The first-order valence-corrected chi connectivity index (χ1v) is 5.71. The molecule has 0 spiro atoms. The molecule has 0 aliphatic carbocycles. The molecule has 0 radical (unpaired) electrons. The zero-order chi connectivity index (χ0) is 13.1. The Kier molecular flexibility index (Phi) is 3.57. The first-order chi connectivity index (χ1) is 8.58. The Morgan fingerprint density at radius 2 is 2.06 bits per heavy atom. The SMILES string of the molecule is O=C(O)c1ccnc(Sc2cccc(F)c2)c1F. The van der Waals surface area contributed by atoms with Crippen LogP contribution in [0.4, 0.5) is 8.78 Å². The minimum atomic E-state index is -1.36. The molecular formula is C12H7F2NO2S. The topological polar surface area (TPSA) is 50.2 Å². The highest BCUT2D eigenvalue weighted by Crippen LogP contribution is 2.29. The van der Waals surface area contributed by atoms with E-state index in [0.29, 0.717) is 4.90 Å². The molecule has 0 atom stereocenters. The van der Waals surface area contributed by atoms with Crippen LogP contribution in [0.3, 0.4) is 0 Å². The van der Waals surface area contributed by atoms with E-state index >= 15 is 0 Å². The zero-order valence-corrected chi connectivity index (χ0v) is 9.75. The molecule has 0 bridgehead atoms. The van der Waals surface area contributed by atoms with Crippen molar-refractivity contribution >= 4 is 17.7 Å². The number of carboxylic acids is 1. The number of nitrogens with zero attached hydrogens (tertiary/aromatic N) is 1. The first-order valence-electron chi connectivity index (χ1n) is 4.89. The standard InChI is InChI=1S/C12H7F2NO2S/c13-7-2-1-3-8(6-7)18-11-10(14)9(12(16)17)4-5-15-11/h1-6H,(H,16,17). The molecule has 18 heavy (non-hydrogen) atoms. The lowest BCUT2D eigenvalue weighted by atomic mass is 10.3. The van der Waals surface area contributed by atoms with Crippen LogP contribution in [0.5, 0.6) is 0 Å². The van der Waals surface area contributed by atoms with Gasteiger partial charge in [0.15, 0.2) is 5.82 Å². The Balaban J connectivity index is 2.35. The van der Waals surface area contributed by atoms with Crippen LogP contribution in [0.25, 0.3) is 0 Å². The van der Waals surface area contributed by atoms with Crippen molar-refractivity contribution in [2.75, 3.05) is 0 Å². The highest BCUT2D eigenvalue weighted by Gasteiger charge is 2.15. The van der Waals surface area contributed by atoms with E-state index in [0.717, 1.165) is 17.8 Å². The van der Waals surface area contributed by atoms with Gasteiger partial charge in [-0.15, -0.1) is 0 Å². The van der Waals surface area contributed by atoms with Gasteiger partial charge in [0.05, 0.1) is 5.56 Å². The summed E-state index contributed by atoms with van der Waals surface area (Å²) in [6, 6.07) is 6.63. The van der Waals surface area contributed by atoms with Gasteiger partial charge < -0.3 is 5.11 Å². The van der Waals surface area contributed by atoms with Gasteiger partial charge in [0.1, 0.15) is 10.8 Å². The van der Waals surface area contributed by atoms with Crippen LogP contribution < -0.4 is 0 Å². The first kappa shape index (κ1) is 12.5. The summed E-state index contributed by atoms with van der Waals surface area (Å²) in [5.41, 5.74) is -0.455. The van der Waals surface area contributed by atoms with Gasteiger partial charge in [-0.3, -0.25) is 0 Å². The highest BCUT2D eigenvalue weighted by atomic mass is 32.2. The Bertz CT molecular complexity index is 604. The monoisotopic (exact) mass is 267 g/mol. The van der Waals surface area contributed by atoms with Crippen LogP contribution in [0.2, 0.25) is 0 Å². The maximum Gasteiger partial charge on any atom is 0.338 e. The summed E-state index contributed by atoms with van der Waals surface area (Å²) in [6.45, 7) is 0. The zero-order valence-electron chi connectivity index (χ0n) is 8.93. The summed E-state index contributed by atoms with van der Waals surface area (Å²) in [6.07, 6.45) is 1.20. The number of aromatic nitrogens is 1. The molecule has 92 valence electrons. The summed E-state index contributed by atoms with van der Waals surface area (Å²) >= 11 is 0.871. The predicted octanol–water partition coefficient (Wildman–Crippen LogP) is 3.21. The lowest BCUT2D eigenvalue weighted by Crippen LogP contribution is -2.02. The third-order valence-corrected chi connectivity index (χ3v) is 3.07. The molecule has 1 heterocycles. The fourth-order valence-corrected chi connectivity index (χ4v) is 2.16. The summed E-state index contributed by atoms with van der Waals surface area (Å²) < 4.78 is 26.7. The maximum absolute atomic E-state index is 13.8. The minimum Gasteiger partial charge on any atom is -0.478 e. The van der Waals surface area contributed by atoms with E-state index in [2.05, 4.69) is 4.98 Å². The Morgan fingerprint density at radius 1 is 1.28 bits per heavy atom. The van der Waals surface area contributed by atoms with Crippen LogP contribution >= 0.6 is 11.8 Å². The number of benzene rings is 1. The van der Waals surface area contributed by atoms with Crippen LogP contribution in [-0.2, 0) is 0 Å². The van der Waals surface area contributed by atoms with Crippen LogP contribution in [0.1, 0.15) is 10.4 Å². The molecular weight excluding hydrogens is 260 g/mol. The number of rotatable bonds is 3. The third kappa shape index (κ3) is 2.65. The van der Waals surface area contributed by atoms with Crippen molar-refractivity contribution in [1.29, 1.82) is 0 Å². The van der Waals surface area contributed by atoms with Gasteiger partial charge >= 0.3 is 5.97 Å². The number of carbonyl (C=O) groups is 1. The fourth-order valence-electron chi connectivity index (χ4n) is 1.30. The average molecular weight is 267 g/mol. The van der Waals surface area contributed by atoms with Crippen LogP contribution in [0, 0.1) is 11.6 Å². The molecule has 1 aromatic carbocycles. The number of carboxylic acid groups (broad SMARTS) is 1. The number of hydrogen-bond donors (Lipinski definition) is 1. The van der Waals surface area contributed by atoms with E-state index in [1.54, 1.807) is 6.07 Å². The van der Waals surface area contributed by atoms with E-state index in [-0.39, 0.29) is 5.03 Å². The number of hydrogen-bond acceptors (Lipinski definition) is 3. The van der Waals surface area contributed by atoms with Crippen molar-refractivity contribution in [3.8, 4) is 0 Å². The molecule has 6 heteroatoms. The number of aromatic carboxylic acids is 1. The van der Waals surface area contributed by atoms with Gasteiger partial charge in [0.2, 0.25) is 0 Å². The van der Waals surface area contributed by atoms with Gasteiger partial charge in [-0.1, -0.05) is 17.8 Å². The number of halogens is 2. The molecule has 0 aliphatic rings. The molecule has 0 aliphatic heterocycles. The molecule has 2 aromatic rings. The van der Waals surface area contributed by atoms with Crippen molar-refractivity contribution in [3.63, 3.8) is 0 Å². The number of pyridine rings is 1. The summed E-state index contributed by atoms with van der Waals surface area (Å²) in [5.74, 6) is -2.73. The van der Waals surface area contributed by atoms with Crippen molar-refractivity contribution < 1.29 is 18.7 Å². The predicted molar refractivity (Wildman–Crippen MR) is 61.7 cm³/mol. The quantitative estimate of drug-likeness (QED) is 0.927. The van der Waals surface area contributed by atoms with Gasteiger partial charge in [-0.05, 0) is 24.3 Å². The second-order valence-electron chi connectivity index (χ2n) is 3.34. The lowest BCUT2D eigenvalue weighted by Gasteiger charge is -2.04. The van der Waals surface area contributed by atoms with Crippen LogP contribution in [-0.4, -0.2) is 16.1 Å². The van der Waals surface area contributed by atoms with E-state index in [9.17, 15) is 13.6 Å². The van der Waals surface area contributed by atoms with Gasteiger partial charge in [-0.2, -0.15) is 0 Å². The minimum absolute atomic E-state index is 0.0968. The maximum atomic E-state index is 13.8. The van der Waals surface area contributed by atoms with Gasteiger partial charge in [0, 0.05) is 11.1 Å². The van der Waals surface area contributed by atoms with E-state index in [1.165, 1.54) is 24.4 Å². The lowest BCUT2D eigenvalue weighted by molar-refractivity contribution is 0.0691. The fraction of sp³-hybridized carbons (Fsp3) is 0. The molecule has 0 fully saturated rings. The summed E-state index contributed by atoms with van der Waals surface area (Å²) in [4.78, 5) is 14.9. The smallest absolute Gasteiger partial charge is 0.338 e. The third-order valence-electron chi connectivity index (χ3n) is 2.10. The molecule has 3 nitrogen and oxygen atoms in total. The summed E-state index contributed by atoms with van der Waals surface area (Å²) in [5, 5.41) is 8.67. The molecule has 0 unspecified atom stereocenters. The van der Waals surface area contributed by atoms with Crippen molar-refractivity contribution in [3.05, 3.63) is 53.7 Å². The van der Waals surface area contributed by atoms with E-state index < -0.39 is 23.2 Å². The Labute approximate surface area is 105 Å². The molecule has 0 saturated heterocycles. The average Bonchev–Trinajstić information content (AvgIpc) is 2.31. The molecule has 0 amide bonds. The highest BCUT2D eigenvalue weighted by molar-refractivity contribution is 7.99. The molecule has 1 aromatic heterocycles. The van der Waals surface area contributed by atoms with Crippen molar-refractivity contribution in [1.82, 2.24) is 4.98 Å². The second kappa shape index (κ2) is 5.14. The Morgan fingerprint density at radius 3 is 2.72 bits per heavy atom. The second-order valence-corrected chi connectivity index (χ2v) is 4.40. The van der Waals surface area contributed by atoms with Crippen molar-refractivity contribution in [2.45, 2.75) is 9.92 Å². The largest absolute Gasteiger partial charge is 0.478 e. The Hall–Kier alpha value is -1.95. The molecule has 0 saturated carbocycles.